The average molecular weight is 316 g/mol. The lowest BCUT2D eigenvalue weighted by molar-refractivity contribution is 0.390. The highest BCUT2D eigenvalue weighted by molar-refractivity contribution is 7.89. The largest absolute Gasteiger partial charge is 0.381 e. The number of aromatic nitrogens is 2. The third-order valence-electron chi connectivity index (χ3n) is 3.59. The Balaban J connectivity index is 2.35. The van der Waals surface area contributed by atoms with Gasteiger partial charge in [0.15, 0.2) is 15.8 Å². The van der Waals surface area contributed by atoms with E-state index in [1.54, 1.807) is 11.6 Å². The normalized spacial score (nSPS) is 14.2. The van der Waals surface area contributed by atoms with E-state index in [0.717, 1.165) is 12.8 Å². The maximum absolute atomic E-state index is 12.5. The molecule has 0 amide bonds. The maximum atomic E-state index is 12.5. The van der Waals surface area contributed by atoms with Crippen LogP contribution in [0.1, 0.15) is 33.6 Å². The van der Waals surface area contributed by atoms with E-state index in [1.165, 1.54) is 15.7 Å². The molecule has 0 saturated heterocycles. The fraction of sp³-hybridized carbons (Fsp3) is 0.583. The van der Waals surface area contributed by atoms with Crippen molar-refractivity contribution in [2.24, 2.45) is 5.92 Å². The van der Waals surface area contributed by atoms with Gasteiger partial charge in [-0.3, -0.25) is 4.40 Å². The number of thiazole rings is 1. The zero-order valence-electron chi connectivity index (χ0n) is 11.8. The van der Waals surface area contributed by atoms with E-state index in [-0.39, 0.29) is 16.9 Å². The molecule has 0 aromatic carbocycles. The highest BCUT2D eigenvalue weighted by atomic mass is 32.2. The maximum Gasteiger partial charge on any atom is 0.260 e. The van der Waals surface area contributed by atoms with Gasteiger partial charge >= 0.3 is 0 Å². The smallest absolute Gasteiger partial charge is 0.260 e. The van der Waals surface area contributed by atoms with Gasteiger partial charge in [0.25, 0.3) is 10.0 Å². The number of rotatable bonds is 6. The zero-order valence-corrected chi connectivity index (χ0v) is 13.5. The Labute approximate surface area is 123 Å². The van der Waals surface area contributed by atoms with Crippen molar-refractivity contribution >= 4 is 32.1 Å². The van der Waals surface area contributed by atoms with Gasteiger partial charge < -0.3 is 5.73 Å². The first-order valence-corrected chi connectivity index (χ1v) is 9.00. The number of nitrogens with zero attached hydrogens (tertiary/aromatic N) is 2. The number of sulfonamides is 1. The third kappa shape index (κ3) is 2.68. The van der Waals surface area contributed by atoms with Gasteiger partial charge in [0.2, 0.25) is 0 Å². The summed E-state index contributed by atoms with van der Waals surface area (Å²) >= 11 is 1.35. The van der Waals surface area contributed by atoms with E-state index in [4.69, 9.17) is 5.73 Å². The second kappa shape index (κ2) is 5.71. The molecule has 2 rings (SSSR count). The van der Waals surface area contributed by atoms with Gasteiger partial charge in [0.1, 0.15) is 0 Å². The summed E-state index contributed by atoms with van der Waals surface area (Å²) in [4.78, 5) is 4.65. The third-order valence-corrected chi connectivity index (χ3v) is 5.95. The minimum absolute atomic E-state index is 0.0338. The summed E-state index contributed by atoms with van der Waals surface area (Å²) in [5.74, 6) is 0.345. The fourth-order valence-electron chi connectivity index (χ4n) is 2.44. The van der Waals surface area contributed by atoms with Gasteiger partial charge in [-0.2, -0.15) is 0 Å². The molecule has 2 aromatic heterocycles. The van der Waals surface area contributed by atoms with Crippen molar-refractivity contribution in [1.29, 1.82) is 0 Å². The van der Waals surface area contributed by atoms with Crippen LogP contribution >= 0.6 is 11.3 Å². The summed E-state index contributed by atoms with van der Waals surface area (Å²) < 4.78 is 29.3. The highest BCUT2D eigenvalue weighted by Crippen LogP contribution is 2.24. The van der Waals surface area contributed by atoms with Crippen LogP contribution in [0.2, 0.25) is 0 Å². The first kappa shape index (κ1) is 15.3. The summed E-state index contributed by atoms with van der Waals surface area (Å²) in [5.41, 5.74) is 5.76. The van der Waals surface area contributed by atoms with Crippen LogP contribution in [0.5, 0.6) is 0 Å². The second-order valence-corrected chi connectivity index (χ2v) is 7.35. The van der Waals surface area contributed by atoms with Crippen molar-refractivity contribution in [1.82, 2.24) is 14.1 Å². The molecule has 0 radical (unpaired) electrons. The molecule has 2 heterocycles. The van der Waals surface area contributed by atoms with Crippen molar-refractivity contribution in [2.45, 2.75) is 44.7 Å². The molecule has 3 N–H and O–H groups in total. The molecule has 8 heteroatoms. The molecule has 0 bridgehead atoms. The van der Waals surface area contributed by atoms with Crippen molar-refractivity contribution in [3.8, 4) is 0 Å². The lowest BCUT2D eigenvalue weighted by atomic mass is 9.96. The molecule has 2 aromatic rings. The molecule has 0 aliphatic carbocycles. The lowest BCUT2D eigenvalue weighted by Crippen LogP contribution is -2.38. The minimum atomic E-state index is -3.68. The Bertz CT molecular complexity index is 685. The van der Waals surface area contributed by atoms with Gasteiger partial charge in [0, 0.05) is 17.6 Å². The molecule has 0 fully saturated rings. The molecule has 1 unspecified atom stereocenters. The number of hydrogen-bond acceptors (Lipinski definition) is 5. The predicted octanol–water partition coefficient (Wildman–Crippen LogP) is 2.08. The Kier molecular flexibility index (Phi) is 4.36. The van der Waals surface area contributed by atoms with E-state index in [1.807, 2.05) is 6.92 Å². The molecule has 1 atom stereocenters. The van der Waals surface area contributed by atoms with E-state index in [9.17, 15) is 8.42 Å². The zero-order chi connectivity index (χ0) is 14.9. The van der Waals surface area contributed by atoms with Gasteiger partial charge in [-0.25, -0.2) is 18.1 Å². The van der Waals surface area contributed by atoms with Crippen LogP contribution in [0, 0.1) is 5.92 Å². The Hall–Kier alpha value is -1.12. The molecular weight excluding hydrogens is 296 g/mol. The Morgan fingerprint density at radius 3 is 2.70 bits per heavy atom. The van der Waals surface area contributed by atoms with Crippen LogP contribution in [-0.2, 0) is 10.0 Å². The van der Waals surface area contributed by atoms with E-state index >= 15 is 0 Å². The predicted molar refractivity (Wildman–Crippen MR) is 81.3 cm³/mol. The molecular formula is C12H20N4O2S2. The molecule has 0 aliphatic rings. The van der Waals surface area contributed by atoms with Gasteiger partial charge in [-0.1, -0.05) is 26.7 Å². The molecule has 20 heavy (non-hydrogen) atoms. The number of nitrogens with one attached hydrogen (secondary N) is 1. The molecule has 112 valence electrons. The second-order valence-electron chi connectivity index (χ2n) is 4.84. The number of hydrogen-bond donors (Lipinski definition) is 2. The number of nitrogen functional groups attached to an aromatic ring is 1. The van der Waals surface area contributed by atoms with Crippen LogP contribution < -0.4 is 10.5 Å². The monoisotopic (exact) mass is 316 g/mol. The number of nitrogens with two attached hydrogens (primary N) is 1. The standard InChI is InChI=1S/C12H20N4O2S2/c1-4-9(5-2)8(3)15-20(17,18)11-10(13)14-12-16(11)6-7-19-12/h6-9,15H,4-5,13H2,1-3H3. The van der Waals surface area contributed by atoms with Gasteiger partial charge in [-0.15, -0.1) is 11.3 Å². The highest BCUT2D eigenvalue weighted by Gasteiger charge is 2.28. The van der Waals surface area contributed by atoms with Gasteiger partial charge in [-0.05, 0) is 12.8 Å². The van der Waals surface area contributed by atoms with Crippen molar-refractivity contribution in [2.75, 3.05) is 5.73 Å². The van der Waals surface area contributed by atoms with Crippen molar-refractivity contribution in [3.63, 3.8) is 0 Å². The molecule has 0 aliphatic heterocycles. The summed E-state index contributed by atoms with van der Waals surface area (Å²) in [6.07, 6.45) is 3.52. The van der Waals surface area contributed by atoms with Crippen molar-refractivity contribution < 1.29 is 8.42 Å². The number of imidazole rings is 1. The van der Waals surface area contributed by atoms with E-state index in [2.05, 4.69) is 23.6 Å². The quantitative estimate of drug-likeness (QED) is 0.854. The topological polar surface area (TPSA) is 89.5 Å². The van der Waals surface area contributed by atoms with Crippen LogP contribution in [0.25, 0.3) is 4.96 Å². The van der Waals surface area contributed by atoms with E-state index in [0.29, 0.717) is 10.9 Å². The van der Waals surface area contributed by atoms with Crippen molar-refractivity contribution in [3.05, 3.63) is 11.6 Å². The molecule has 6 nitrogen and oxygen atoms in total. The molecule has 0 saturated carbocycles. The van der Waals surface area contributed by atoms with Crippen LogP contribution in [0.15, 0.2) is 16.6 Å². The first-order chi connectivity index (χ1) is 9.40. The fourth-order valence-corrected chi connectivity index (χ4v) is 4.74. The summed E-state index contributed by atoms with van der Waals surface area (Å²) in [5, 5.41) is 1.82. The first-order valence-electron chi connectivity index (χ1n) is 6.64. The van der Waals surface area contributed by atoms with Gasteiger partial charge in [0.05, 0.1) is 0 Å². The van der Waals surface area contributed by atoms with E-state index < -0.39 is 10.0 Å². The number of fused-ring (bicyclic) bond motifs is 1. The van der Waals surface area contributed by atoms with Crippen LogP contribution in [0.4, 0.5) is 5.82 Å². The summed E-state index contributed by atoms with van der Waals surface area (Å²) in [7, 11) is -3.68. The number of anilines is 1. The SMILES string of the molecule is CCC(CC)C(C)NS(=O)(=O)c1c(N)nc2sccn12. The molecule has 0 spiro atoms. The lowest BCUT2D eigenvalue weighted by Gasteiger charge is -2.22. The minimum Gasteiger partial charge on any atom is -0.381 e. The summed E-state index contributed by atoms with van der Waals surface area (Å²) in [6.45, 7) is 6.00. The Morgan fingerprint density at radius 1 is 1.45 bits per heavy atom. The van der Waals surface area contributed by atoms with Crippen LogP contribution in [-0.4, -0.2) is 23.8 Å². The van der Waals surface area contributed by atoms with Crippen LogP contribution in [0.3, 0.4) is 0 Å². The average Bonchev–Trinajstić information content (AvgIpc) is 2.88. The summed E-state index contributed by atoms with van der Waals surface area (Å²) in [6, 6.07) is -0.140. The Morgan fingerprint density at radius 2 is 2.10 bits per heavy atom.